The van der Waals surface area contributed by atoms with Gasteiger partial charge in [-0.25, -0.2) is 4.98 Å². The third-order valence-electron chi connectivity index (χ3n) is 5.46. The van der Waals surface area contributed by atoms with Gasteiger partial charge in [0.1, 0.15) is 6.54 Å². The molecule has 160 valence electrons. The molecule has 4 rings (SSSR count). The summed E-state index contributed by atoms with van der Waals surface area (Å²) >= 11 is 3.35. The summed E-state index contributed by atoms with van der Waals surface area (Å²) < 4.78 is 2.06. The van der Waals surface area contributed by atoms with Gasteiger partial charge in [-0.2, -0.15) is 0 Å². The van der Waals surface area contributed by atoms with E-state index in [0.29, 0.717) is 23.1 Å². The van der Waals surface area contributed by atoms with Gasteiger partial charge >= 0.3 is 0 Å². The Morgan fingerprint density at radius 3 is 2.84 bits per heavy atom. The molecule has 2 aromatic carbocycles. The first kappa shape index (κ1) is 21.2. The lowest BCUT2D eigenvalue weighted by Crippen LogP contribution is -2.39. The Hall–Kier alpha value is -3.04. The van der Waals surface area contributed by atoms with Crippen molar-refractivity contribution in [2.45, 2.75) is 32.0 Å². The number of rotatable bonds is 6. The maximum atomic E-state index is 12.7. The van der Waals surface area contributed by atoms with Crippen LogP contribution >= 0.6 is 15.9 Å². The maximum Gasteiger partial charge on any atom is 0.261 e. The van der Waals surface area contributed by atoms with Crippen molar-refractivity contribution in [2.75, 3.05) is 11.9 Å². The number of nitrogens with two attached hydrogens (primary N) is 1. The molecule has 1 atom stereocenters. The number of aromatic nitrogens is 2. The van der Waals surface area contributed by atoms with E-state index in [0.717, 1.165) is 29.4 Å². The van der Waals surface area contributed by atoms with Crippen LogP contribution in [-0.2, 0) is 22.7 Å². The van der Waals surface area contributed by atoms with E-state index in [-0.39, 0.29) is 30.0 Å². The van der Waals surface area contributed by atoms with Crippen molar-refractivity contribution >= 4 is 44.3 Å². The minimum Gasteiger partial charge on any atom is -0.368 e. The average Bonchev–Trinajstić information content (AvgIpc) is 3.20. The van der Waals surface area contributed by atoms with Crippen molar-refractivity contribution in [3.05, 3.63) is 69.2 Å². The Morgan fingerprint density at radius 2 is 2.03 bits per heavy atom. The number of anilines is 1. The van der Waals surface area contributed by atoms with Crippen molar-refractivity contribution in [3.8, 4) is 0 Å². The second-order valence-corrected chi connectivity index (χ2v) is 8.49. The number of hydrogen-bond acceptors (Lipinski definition) is 5. The van der Waals surface area contributed by atoms with Crippen LogP contribution in [0.25, 0.3) is 10.9 Å². The van der Waals surface area contributed by atoms with E-state index in [1.807, 2.05) is 29.2 Å². The van der Waals surface area contributed by atoms with Gasteiger partial charge in [0, 0.05) is 16.7 Å². The molecule has 8 nitrogen and oxygen atoms in total. The number of halogens is 1. The molecule has 2 amide bonds. The summed E-state index contributed by atoms with van der Waals surface area (Å²) in [7, 11) is 0. The van der Waals surface area contributed by atoms with Gasteiger partial charge < -0.3 is 11.1 Å². The lowest BCUT2D eigenvalue weighted by molar-refractivity contribution is -0.122. The Morgan fingerprint density at radius 1 is 1.23 bits per heavy atom. The van der Waals surface area contributed by atoms with E-state index in [1.54, 1.807) is 18.2 Å². The fraction of sp³-hybridized carbons (Fsp3) is 0.273. The zero-order valence-corrected chi connectivity index (χ0v) is 18.3. The van der Waals surface area contributed by atoms with Crippen LogP contribution in [0.3, 0.4) is 0 Å². The first-order valence-corrected chi connectivity index (χ1v) is 10.8. The molecule has 3 aromatic rings. The number of fused-ring (bicyclic) bond motifs is 1. The lowest BCUT2D eigenvalue weighted by Gasteiger charge is -2.23. The smallest absolute Gasteiger partial charge is 0.261 e. The summed E-state index contributed by atoms with van der Waals surface area (Å²) in [5.41, 5.74) is 7.34. The van der Waals surface area contributed by atoms with Crippen molar-refractivity contribution < 1.29 is 9.59 Å². The summed E-state index contributed by atoms with van der Waals surface area (Å²) in [5, 5.41) is 3.33. The summed E-state index contributed by atoms with van der Waals surface area (Å²) in [4.78, 5) is 43.4. The predicted molar refractivity (Wildman–Crippen MR) is 121 cm³/mol. The van der Waals surface area contributed by atoms with E-state index in [2.05, 4.69) is 26.2 Å². The van der Waals surface area contributed by atoms with Crippen LogP contribution in [-0.4, -0.2) is 38.9 Å². The van der Waals surface area contributed by atoms with Crippen LogP contribution in [0.5, 0.6) is 0 Å². The highest BCUT2D eigenvalue weighted by atomic mass is 79.9. The zero-order valence-electron chi connectivity index (χ0n) is 16.8. The fourth-order valence-electron chi connectivity index (χ4n) is 3.92. The molecule has 9 heteroatoms. The molecule has 1 aliphatic rings. The Labute approximate surface area is 187 Å². The first-order valence-electron chi connectivity index (χ1n) is 9.98. The molecule has 2 heterocycles. The number of benzene rings is 2. The molecular formula is C22H22BrN5O3. The maximum absolute atomic E-state index is 12.7. The third kappa shape index (κ3) is 4.67. The Kier molecular flexibility index (Phi) is 6.15. The quantitative estimate of drug-likeness (QED) is 0.558. The highest BCUT2D eigenvalue weighted by molar-refractivity contribution is 9.10. The third-order valence-corrected chi connectivity index (χ3v) is 5.95. The molecule has 0 bridgehead atoms. The second-order valence-electron chi connectivity index (χ2n) is 7.58. The molecular weight excluding hydrogens is 462 g/mol. The molecule has 3 N–H and O–H groups in total. The van der Waals surface area contributed by atoms with Crippen LogP contribution in [0.15, 0.2) is 58.1 Å². The van der Waals surface area contributed by atoms with E-state index in [4.69, 9.17) is 5.73 Å². The van der Waals surface area contributed by atoms with Crippen molar-refractivity contribution in [2.24, 2.45) is 5.73 Å². The summed E-state index contributed by atoms with van der Waals surface area (Å²) in [6.45, 7) is 1.13. The fourth-order valence-corrected chi connectivity index (χ4v) is 4.29. The number of nitrogens with one attached hydrogen (secondary N) is 1. The minimum absolute atomic E-state index is 0.157. The number of primary amides is 1. The second kappa shape index (κ2) is 8.99. The molecule has 1 unspecified atom stereocenters. The van der Waals surface area contributed by atoms with E-state index in [9.17, 15) is 14.4 Å². The van der Waals surface area contributed by atoms with Gasteiger partial charge in [-0.1, -0.05) is 34.1 Å². The van der Waals surface area contributed by atoms with Crippen molar-refractivity contribution in [1.82, 2.24) is 14.5 Å². The molecule has 0 saturated carbocycles. The topological polar surface area (TPSA) is 110 Å². The Balaban J connectivity index is 1.51. The van der Waals surface area contributed by atoms with E-state index < -0.39 is 0 Å². The van der Waals surface area contributed by atoms with Gasteiger partial charge in [0.2, 0.25) is 11.8 Å². The summed E-state index contributed by atoms with van der Waals surface area (Å²) in [6.07, 6.45) is 3.04. The number of hydrogen-bond donors (Lipinski definition) is 2. The molecule has 0 radical (unpaired) electrons. The number of carbonyl (C=O) groups excluding carboxylic acids is 2. The molecule has 1 aromatic heterocycles. The van der Waals surface area contributed by atoms with Crippen LogP contribution in [0, 0.1) is 0 Å². The van der Waals surface area contributed by atoms with Gasteiger partial charge in [-0.3, -0.25) is 23.9 Å². The lowest BCUT2D eigenvalue weighted by atomic mass is 10.1. The number of likely N-dealkylation sites (tertiary alicyclic amines) is 1. The summed E-state index contributed by atoms with van der Waals surface area (Å²) in [6, 6.07) is 12.4. The van der Waals surface area contributed by atoms with Gasteiger partial charge in [0.25, 0.3) is 5.56 Å². The molecule has 0 spiro atoms. The van der Waals surface area contributed by atoms with Crippen molar-refractivity contribution in [1.29, 1.82) is 0 Å². The van der Waals surface area contributed by atoms with Crippen LogP contribution in [0.4, 0.5) is 5.69 Å². The van der Waals surface area contributed by atoms with E-state index in [1.165, 1.54) is 10.9 Å². The van der Waals surface area contributed by atoms with Crippen LogP contribution in [0.2, 0.25) is 0 Å². The zero-order chi connectivity index (χ0) is 22.0. The Bertz CT molecular complexity index is 1210. The largest absolute Gasteiger partial charge is 0.368 e. The van der Waals surface area contributed by atoms with Crippen molar-refractivity contribution in [3.63, 3.8) is 0 Å². The highest BCUT2D eigenvalue weighted by Crippen LogP contribution is 2.24. The molecule has 0 aliphatic carbocycles. The number of carbonyl (C=O) groups is 2. The SMILES string of the molecule is NC(=O)C1CCCN1Cc1ccccc1NC(=O)Cn1cnc2ccc(Br)cc2c1=O. The van der Waals surface area contributed by atoms with E-state index >= 15 is 0 Å². The minimum atomic E-state index is -0.335. The van der Waals surface area contributed by atoms with Crippen LogP contribution in [0.1, 0.15) is 18.4 Å². The molecule has 31 heavy (non-hydrogen) atoms. The highest BCUT2D eigenvalue weighted by Gasteiger charge is 2.29. The van der Waals surface area contributed by atoms with Crippen LogP contribution < -0.4 is 16.6 Å². The van der Waals surface area contributed by atoms with Gasteiger partial charge in [-0.15, -0.1) is 0 Å². The number of amides is 2. The standard InChI is InChI=1S/C22H22BrN5O3/c23-15-7-8-18-16(10-15)22(31)28(13-25-18)12-20(29)26-17-5-2-1-4-14(17)11-27-9-3-6-19(27)21(24)30/h1-2,4-5,7-8,10,13,19H,3,6,9,11-12H2,(H2,24,30)(H,26,29). The number of nitrogens with zero attached hydrogens (tertiary/aromatic N) is 3. The first-order chi connectivity index (χ1) is 14.9. The predicted octanol–water partition coefficient (Wildman–Crippen LogP) is 2.25. The summed E-state index contributed by atoms with van der Waals surface area (Å²) in [5.74, 6) is -0.660. The van der Waals surface area contributed by atoms with Gasteiger partial charge in [0.05, 0.1) is 23.3 Å². The molecule has 1 saturated heterocycles. The average molecular weight is 484 g/mol. The number of para-hydroxylation sites is 1. The molecule has 1 aliphatic heterocycles. The molecule has 1 fully saturated rings. The van der Waals surface area contributed by atoms with Gasteiger partial charge in [-0.05, 0) is 49.2 Å². The normalized spacial score (nSPS) is 16.5. The monoisotopic (exact) mass is 483 g/mol. The van der Waals surface area contributed by atoms with Gasteiger partial charge in [0.15, 0.2) is 0 Å².